The third-order valence-electron chi connectivity index (χ3n) is 5.73. The Morgan fingerprint density at radius 1 is 1.36 bits per heavy atom. The van der Waals surface area contributed by atoms with Crippen LogP contribution >= 0.6 is 0 Å². The largest absolute Gasteiger partial charge is 0.377 e. The van der Waals surface area contributed by atoms with Gasteiger partial charge >= 0.3 is 6.03 Å². The van der Waals surface area contributed by atoms with Gasteiger partial charge in [0.15, 0.2) is 0 Å². The predicted molar refractivity (Wildman–Crippen MR) is 83.7 cm³/mol. The van der Waals surface area contributed by atoms with Crippen LogP contribution < -0.4 is 10.6 Å². The number of nitrogens with zero attached hydrogens (tertiary/aromatic N) is 1. The Labute approximate surface area is 130 Å². The number of fused-ring (bicyclic) bond motifs is 2. The normalized spacial score (nSPS) is 31.6. The lowest BCUT2D eigenvalue weighted by molar-refractivity contribution is -0.125. The molecule has 0 unspecified atom stereocenters. The number of anilines is 1. The summed E-state index contributed by atoms with van der Waals surface area (Å²) < 4.78 is 5.95. The van der Waals surface area contributed by atoms with Crippen LogP contribution in [0.1, 0.15) is 37.7 Å². The number of carbonyl (C=O) groups is 1. The van der Waals surface area contributed by atoms with E-state index in [1.165, 1.54) is 25.7 Å². The maximum absolute atomic E-state index is 12.3. The van der Waals surface area contributed by atoms with Crippen LogP contribution in [0.2, 0.25) is 0 Å². The molecule has 5 nitrogen and oxygen atoms in total. The second-order valence-electron chi connectivity index (χ2n) is 6.98. The van der Waals surface area contributed by atoms with E-state index in [9.17, 15) is 4.79 Å². The topological polar surface area (TPSA) is 63.2 Å². The monoisotopic (exact) mass is 301 g/mol. The van der Waals surface area contributed by atoms with Gasteiger partial charge < -0.3 is 10.1 Å². The summed E-state index contributed by atoms with van der Waals surface area (Å²) in [6.45, 7) is 2.83. The third kappa shape index (κ3) is 2.10. The van der Waals surface area contributed by atoms with E-state index in [2.05, 4.69) is 15.6 Å². The molecule has 0 bridgehead atoms. The number of hydrogen-bond acceptors (Lipinski definition) is 3. The number of nitrogens with one attached hydrogen (secondary N) is 2. The van der Waals surface area contributed by atoms with Crippen LogP contribution in [0.5, 0.6) is 0 Å². The van der Waals surface area contributed by atoms with Crippen LogP contribution in [-0.4, -0.2) is 29.8 Å². The zero-order valence-electron chi connectivity index (χ0n) is 13.0. The zero-order chi connectivity index (χ0) is 15.2. The van der Waals surface area contributed by atoms with Gasteiger partial charge in [0.05, 0.1) is 6.10 Å². The summed E-state index contributed by atoms with van der Waals surface area (Å²) >= 11 is 0. The van der Waals surface area contributed by atoms with Gasteiger partial charge in [0, 0.05) is 30.2 Å². The maximum atomic E-state index is 12.3. The smallest absolute Gasteiger partial charge is 0.320 e. The van der Waals surface area contributed by atoms with Gasteiger partial charge in [-0.15, -0.1) is 0 Å². The molecular weight excluding hydrogens is 278 g/mol. The first-order chi connectivity index (χ1) is 10.7. The second kappa shape index (κ2) is 5.23. The van der Waals surface area contributed by atoms with Crippen LogP contribution in [0.3, 0.4) is 0 Å². The zero-order valence-corrected chi connectivity index (χ0v) is 13.0. The SMILES string of the molecule is Cc1ccc(NC(=O)N[C@@H]2[C@H]3CCO[C@H]3C23CCCC3)nc1. The highest BCUT2D eigenvalue weighted by molar-refractivity contribution is 5.88. The molecule has 118 valence electrons. The molecule has 1 aliphatic heterocycles. The van der Waals surface area contributed by atoms with Gasteiger partial charge in [-0.25, -0.2) is 9.78 Å². The van der Waals surface area contributed by atoms with Crippen molar-refractivity contribution in [3.63, 3.8) is 0 Å². The van der Waals surface area contributed by atoms with E-state index in [0.29, 0.717) is 17.8 Å². The van der Waals surface area contributed by atoms with E-state index in [1.807, 2.05) is 19.1 Å². The van der Waals surface area contributed by atoms with Gasteiger partial charge in [0.2, 0.25) is 0 Å². The number of hydrogen-bond donors (Lipinski definition) is 2. The van der Waals surface area contributed by atoms with E-state index >= 15 is 0 Å². The first kappa shape index (κ1) is 14.0. The molecule has 5 heteroatoms. The minimum Gasteiger partial charge on any atom is -0.377 e. The molecule has 4 rings (SSSR count). The molecular formula is C17H23N3O2. The van der Waals surface area contributed by atoms with Crippen LogP contribution in [0, 0.1) is 18.3 Å². The number of carbonyl (C=O) groups excluding carboxylic acids is 1. The van der Waals surface area contributed by atoms with E-state index in [0.717, 1.165) is 18.6 Å². The molecule has 1 aromatic rings. The Balaban J connectivity index is 1.43. The molecule has 0 aromatic carbocycles. The van der Waals surface area contributed by atoms with Gasteiger partial charge in [-0.1, -0.05) is 18.9 Å². The molecule has 1 saturated heterocycles. The summed E-state index contributed by atoms with van der Waals surface area (Å²) in [5.74, 6) is 1.09. The lowest BCUT2D eigenvalue weighted by Gasteiger charge is -2.56. The number of aryl methyl sites for hydroxylation is 1. The van der Waals surface area contributed by atoms with Crippen LogP contribution in [-0.2, 0) is 4.74 Å². The van der Waals surface area contributed by atoms with Crippen molar-refractivity contribution in [1.29, 1.82) is 0 Å². The van der Waals surface area contributed by atoms with Crippen molar-refractivity contribution in [3.8, 4) is 0 Å². The standard InChI is InChI=1S/C17H23N3O2/c1-11-4-5-13(18-10-11)19-16(21)20-14-12-6-9-22-15(12)17(14)7-2-3-8-17/h4-5,10,12,14-15H,2-3,6-9H2,1H3,(H2,18,19,20,21)/t12-,14-,15-/m1/s1. The van der Waals surface area contributed by atoms with E-state index in [4.69, 9.17) is 4.74 Å². The Bertz CT molecular complexity index is 566. The first-order valence-electron chi connectivity index (χ1n) is 8.31. The van der Waals surface area contributed by atoms with Crippen LogP contribution in [0.15, 0.2) is 18.3 Å². The highest BCUT2D eigenvalue weighted by atomic mass is 16.5. The van der Waals surface area contributed by atoms with Gasteiger partial charge in [0.25, 0.3) is 0 Å². The number of rotatable bonds is 2. The van der Waals surface area contributed by atoms with Crippen molar-refractivity contribution in [1.82, 2.24) is 10.3 Å². The molecule has 3 atom stereocenters. The van der Waals surface area contributed by atoms with Crippen molar-refractivity contribution in [2.45, 2.75) is 51.2 Å². The first-order valence-corrected chi connectivity index (χ1v) is 8.31. The van der Waals surface area contributed by atoms with Gasteiger partial charge in [-0.05, 0) is 37.8 Å². The predicted octanol–water partition coefficient (Wildman–Crippen LogP) is 2.86. The summed E-state index contributed by atoms with van der Waals surface area (Å²) in [6.07, 6.45) is 8.08. The number of aromatic nitrogens is 1. The second-order valence-corrected chi connectivity index (χ2v) is 6.98. The number of urea groups is 1. The van der Waals surface area contributed by atoms with Gasteiger partial charge in [0.1, 0.15) is 5.82 Å². The molecule has 2 saturated carbocycles. The molecule has 3 fully saturated rings. The molecule has 1 spiro atoms. The molecule has 2 heterocycles. The van der Waals surface area contributed by atoms with Gasteiger partial charge in [-0.2, -0.15) is 0 Å². The number of amides is 2. The summed E-state index contributed by atoms with van der Waals surface area (Å²) in [5, 5.41) is 6.07. The third-order valence-corrected chi connectivity index (χ3v) is 5.73. The van der Waals surface area contributed by atoms with E-state index in [1.54, 1.807) is 6.20 Å². The van der Waals surface area contributed by atoms with Crippen molar-refractivity contribution >= 4 is 11.8 Å². The molecule has 1 aromatic heterocycles. The fourth-order valence-corrected chi connectivity index (χ4v) is 4.74. The summed E-state index contributed by atoms with van der Waals surface area (Å²) in [7, 11) is 0. The van der Waals surface area contributed by atoms with E-state index in [-0.39, 0.29) is 17.5 Å². The van der Waals surface area contributed by atoms with Crippen molar-refractivity contribution < 1.29 is 9.53 Å². The quantitative estimate of drug-likeness (QED) is 0.883. The van der Waals surface area contributed by atoms with Crippen molar-refractivity contribution in [3.05, 3.63) is 23.9 Å². The van der Waals surface area contributed by atoms with Crippen molar-refractivity contribution in [2.75, 3.05) is 11.9 Å². The minimum absolute atomic E-state index is 0.141. The van der Waals surface area contributed by atoms with Crippen LogP contribution in [0.4, 0.5) is 10.6 Å². The Hall–Kier alpha value is -1.62. The number of ether oxygens (including phenoxy) is 1. The maximum Gasteiger partial charge on any atom is 0.320 e. The van der Waals surface area contributed by atoms with Gasteiger partial charge in [-0.3, -0.25) is 5.32 Å². The summed E-state index contributed by atoms with van der Waals surface area (Å²) in [5.41, 5.74) is 1.28. The Kier molecular flexibility index (Phi) is 3.33. The molecule has 2 N–H and O–H groups in total. The van der Waals surface area contributed by atoms with E-state index < -0.39 is 0 Å². The molecule has 2 amide bonds. The summed E-state index contributed by atoms with van der Waals surface area (Å²) in [6, 6.07) is 3.90. The summed E-state index contributed by atoms with van der Waals surface area (Å²) in [4.78, 5) is 16.6. The molecule has 2 aliphatic carbocycles. The lowest BCUT2D eigenvalue weighted by Crippen LogP contribution is -2.68. The average molecular weight is 301 g/mol. The van der Waals surface area contributed by atoms with Crippen molar-refractivity contribution in [2.24, 2.45) is 11.3 Å². The fourth-order valence-electron chi connectivity index (χ4n) is 4.74. The molecule has 22 heavy (non-hydrogen) atoms. The molecule has 3 aliphatic rings. The Morgan fingerprint density at radius 2 is 2.18 bits per heavy atom. The molecule has 0 radical (unpaired) electrons. The highest BCUT2D eigenvalue weighted by Gasteiger charge is 2.65. The lowest BCUT2D eigenvalue weighted by atomic mass is 9.54. The van der Waals surface area contributed by atoms with Crippen LogP contribution in [0.25, 0.3) is 0 Å². The average Bonchev–Trinajstić information content (AvgIpc) is 3.15. The minimum atomic E-state index is -0.141. The fraction of sp³-hybridized carbons (Fsp3) is 0.647. The highest BCUT2D eigenvalue weighted by Crippen LogP contribution is 2.60. The Morgan fingerprint density at radius 3 is 2.91 bits per heavy atom. The number of pyridine rings is 1.